The Morgan fingerprint density at radius 1 is 1.17 bits per heavy atom. The third kappa shape index (κ3) is 8.34. The van der Waals surface area contributed by atoms with Gasteiger partial charge in [-0.25, -0.2) is 4.79 Å². The molecule has 4 nitrogen and oxygen atoms in total. The fourth-order valence-electron chi connectivity index (χ4n) is 2.54. The van der Waals surface area contributed by atoms with Gasteiger partial charge in [-0.2, -0.15) is 0 Å². The van der Waals surface area contributed by atoms with Crippen LogP contribution in [0.4, 0.5) is 4.79 Å². The molecule has 0 bridgehead atoms. The van der Waals surface area contributed by atoms with E-state index in [1.165, 1.54) is 18.4 Å². The van der Waals surface area contributed by atoms with Crippen molar-refractivity contribution >= 4 is 6.09 Å². The van der Waals surface area contributed by atoms with Crippen molar-refractivity contribution in [1.82, 2.24) is 10.6 Å². The number of amides is 1. The number of benzene rings is 1. The van der Waals surface area contributed by atoms with E-state index in [4.69, 9.17) is 4.74 Å². The molecule has 136 valence electrons. The van der Waals surface area contributed by atoms with Crippen molar-refractivity contribution in [2.45, 2.75) is 78.0 Å². The minimum atomic E-state index is -0.469. The molecule has 0 spiro atoms. The standard InChI is InChI=1S/C20H34N2O2/c1-6-8-14-18(16-12-10-9-11-13-16)21-15-17(7-2)22-19(23)24-20(3,4)5/h9-13,17-18,21H,6-8,14-15H2,1-5H3,(H,22,23). The number of unbranched alkanes of at least 4 members (excludes halogenated alkanes) is 1. The highest BCUT2D eigenvalue weighted by Gasteiger charge is 2.19. The lowest BCUT2D eigenvalue weighted by Crippen LogP contribution is -2.44. The molecule has 1 amide bonds. The van der Waals surface area contributed by atoms with Crippen molar-refractivity contribution in [2.24, 2.45) is 0 Å². The van der Waals surface area contributed by atoms with E-state index in [9.17, 15) is 4.79 Å². The highest BCUT2D eigenvalue weighted by Crippen LogP contribution is 2.19. The predicted molar refractivity (Wildman–Crippen MR) is 100 cm³/mol. The normalized spacial score (nSPS) is 14.0. The smallest absolute Gasteiger partial charge is 0.407 e. The van der Waals surface area contributed by atoms with Gasteiger partial charge in [0.05, 0.1) is 0 Å². The summed E-state index contributed by atoms with van der Waals surface area (Å²) in [5, 5.41) is 6.58. The fraction of sp³-hybridized carbons (Fsp3) is 0.650. The molecule has 4 heteroatoms. The monoisotopic (exact) mass is 334 g/mol. The van der Waals surface area contributed by atoms with Crippen LogP contribution >= 0.6 is 0 Å². The molecule has 1 aromatic rings. The second kappa shape index (κ2) is 10.3. The van der Waals surface area contributed by atoms with Gasteiger partial charge in [0.2, 0.25) is 0 Å². The van der Waals surface area contributed by atoms with Crippen LogP contribution in [-0.2, 0) is 4.74 Å². The van der Waals surface area contributed by atoms with Crippen LogP contribution in [0.5, 0.6) is 0 Å². The summed E-state index contributed by atoms with van der Waals surface area (Å²) in [7, 11) is 0. The number of carbonyl (C=O) groups is 1. The first-order valence-corrected chi connectivity index (χ1v) is 9.13. The van der Waals surface area contributed by atoms with Gasteiger partial charge in [0, 0.05) is 18.6 Å². The Morgan fingerprint density at radius 3 is 2.38 bits per heavy atom. The molecule has 0 aliphatic carbocycles. The third-order valence-corrected chi connectivity index (χ3v) is 3.87. The predicted octanol–water partition coefficient (Wildman–Crippen LogP) is 4.81. The van der Waals surface area contributed by atoms with Crippen LogP contribution in [0.2, 0.25) is 0 Å². The van der Waals surface area contributed by atoms with E-state index >= 15 is 0 Å². The van der Waals surface area contributed by atoms with E-state index in [0.717, 1.165) is 19.4 Å². The van der Waals surface area contributed by atoms with Crippen LogP contribution in [0.3, 0.4) is 0 Å². The largest absolute Gasteiger partial charge is 0.444 e. The quantitative estimate of drug-likeness (QED) is 0.681. The second-order valence-corrected chi connectivity index (χ2v) is 7.27. The number of alkyl carbamates (subject to hydrolysis) is 1. The van der Waals surface area contributed by atoms with Gasteiger partial charge in [0.25, 0.3) is 0 Å². The zero-order chi connectivity index (χ0) is 18.0. The molecular formula is C20H34N2O2. The van der Waals surface area contributed by atoms with Crippen molar-refractivity contribution in [2.75, 3.05) is 6.54 Å². The highest BCUT2D eigenvalue weighted by molar-refractivity contribution is 5.68. The summed E-state index contributed by atoms with van der Waals surface area (Å²) in [5.74, 6) is 0. The van der Waals surface area contributed by atoms with Crippen LogP contribution < -0.4 is 10.6 Å². The number of rotatable bonds is 9. The molecule has 2 unspecified atom stereocenters. The van der Waals surface area contributed by atoms with Gasteiger partial charge in [-0.3, -0.25) is 0 Å². The molecule has 0 saturated heterocycles. The Kier molecular flexibility index (Phi) is 8.83. The summed E-state index contributed by atoms with van der Waals surface area (Å²) in [4.78, 5) is 12.0. The summed E-state index contributed by atoms with van der Waals surface area (Å²) in [6, 6.07) is 10.9. The van der Waals surface area contributed by atoms with Crippen molar-refractivity contribution in [3.63, 3.8) is 0 Å². The van der Waals surface area contributed by atoms with E-state index in [1.807, 2.05) is 26.8 Å². The average Bonchev–Trinajstić information content (AvgIpc) is 2.52. The number of carbonyl (C=O) groups excluding carboxylic acids is 1. The fourth-order valence-corrected chi connectivity index (χ4v) is 2.54. The summed E-state index contributed by atoms with van der Waals surface area (Å²) in [5.41, 5.74) is 0.835. The molecule has 24 heavy (non-hydrogen) atoms. The Labute approximate surface area is 147 Å². The maximum absolute atomic E-state index is 12.0. The lowest BCUT2D eigenvalue weighted by Gasteiger charge is -2.25. The van der Waals surface area contributed by atoms with Crippen LogP contribution in [0.25, 0.3) is 0 Å². The van der Waals surface area contributed by atoms with Gasteiger partial charge < -0.3 is 15.4 Å². The van der Waals surface area contributed by atoms with E-state index in [1.54, 1.807) is 0 Å². The first-order chi connectivity index (χ1) is 11.4. The molecule has 0 heterocycles. The minimum absolute atomic E-state index is 0.0627. The summed E-state index contributed by atoms with van der Waals surface area (Å²) in [6.45, 7) is 10.7. The van der Waals surface area contributed by atoms with Gasteiger partial charge in [-0.15, -0.1) is 0 Å². The molecule has 0 aliphatic heterocycles. The van der Waals surface area contributed by atoms with Crippen LogP contribution in [-0.4, -0.2) is 24.3 Å². The highest BCUT2D eigenvalue weighted by atomic mass is 16.6. The number of ether oxygens (including phenoxy) is 1. The van der Waals surface area contributed by atoms with Gasteiger partial charge in [-0.05, 0) is 39.2 Å². The molecule has 0 saturated carbocycles. The first kappa shape index (κ1) is 20.5. The molecule has 0 fully saturated rings. The Balaban J connectivity index is 2.58. The zero-order valence-electron chi connectivity index (χ0n) is 15.9. The van der Waals surface area contributed by atoms with Crippen LogP contribution in [0, 0.1) is 0 Å². The molecule has 0 radical (unpaired) electrons. The summed E-state index contributed by atoms with van der Waals surface area (Å²) >= 11 is 0. The summed E-state index contributed by atoms with van der Waals surface area (Å²) in [6.07, 6.45) is 3.98. The van der Waals surface area contributed by atoms with Gasteiger partial charge in [-0.1, -0.05) is 57.0 Å². The molecule has 1 aromatic carbocycles. The van der Waals surface area contributed by atoms with E-state index in [0.29, 0.717) is 6.04 Å². The Bertz CT molecular complexity index is 468. The number of nitrogens with one attached hydrogen (secondary N) is 2. The van der Waals surface area contributed by atoms with E-state index in [2.05, 4.69) is 48.7 Å². The SMILES string of the molecule is CCCCC(NCC(CC)NC(=O)OC(C)(C)C)c1ccccc1. The molecule has 0 aliphatic rings. The Hall–Kier alpha value is -1.55. The maximum Gasteiger partial charge on any atom is 0.407 e. The lowest BCUT2D eigenvalue weighted by atomic mass is 10.0. The molecule has 0 aromatic heterocycles. The topological polar surface area (TPSA) is 50.4 Å². The van der Waals surface area contributed by atoms with Crippen LogP contribution in [0.1, 0.15) is 71.9 Å². The molecule has 2 atom stereocenters. The second-order valence-electron chi connectivity index (χ2n) is 7.27. The minimum Gasteiger partial charge on any atom is -0.444 e. The lowest BCUT2D eigenvalue weighted by molar-refractivity contribution is 0.0501. The van der Waals surface area contributed by atoms with Crippen molar-refractivity contribution < 1.29 is 9.53 Å². The molecular weight excluding hydrogens is 300 g/mol. The average molecular weight is 335 g/mol. The Morgan fingerprint density at radius 2 is 1.83 bits per heavy atom. The van der Waals surface area contributed by atoms with Gasteiger partial charge in [0.15, 0.2) is 0 Å². The molecule has 2 N–H and O–H groups in total. The first-order valence-electron chi connectivity index (χ1n) is 9.13. The van der Waals surface area contributed by atoms with Gasteiger partial charge in [0.1, 0.15) is 5.60 Å². The van der Waals surface area contributed by atoms with Crippen molar-refractivity contribution in [1.29, 1.82) is 0 Å². The van der Waals surface area contributed by atoms with Crippen molar-refractivity contribution in [3.8, 4) is 0 Å². The van der Waals surface area contributed by atoms with Gasteiger partial charge >= 0.3 is 6.09 Å². The number of hydrogen-bond donors (Lipinski definition) is 2. The van der Waals surface area contributed by atoms with E-state index in [-0.39, 0.29) is 12.1 Å². The number of hydrogen-bond acceptors (Lipinski definition) is 3. The van der Waals surface area contributed by atoms with Crippen LogP contribution in [0.15, 0.2) is 30.3 Å². The third-order valence-electron chi connectivity index (χ3n) is 3.87. The zero-order valence-corrected chi connectivity index (χ0v) is 15.9. The maximum atomic E-state index is 12.0. The van der Waals surface area contributed by atoms with E-state index < -0.39 is 5.60 Å². The summed E-state index contributed by atoms with van der Waals surface area (Å²) < 4.78 is 5.35. The van der Waals surface area contributed by atoms with Crippen molar-refractivity contribution in [3.05, 3.63) is 35.9 Å². The molecule has 1 rings (SSSR count).